The van der Waals surface area contributed by atoms with Gasteiger partial charge in [0.05, 0.1) is 24.0 Å². The Morgan fingerprint density at radius 1 is 1.25 bits per heavy atom. The van der Waals surface area contributed by atoms with Crippen molar-refractivity contribution in [3.8, 4) is 5.75 Å². The van der Waals surface area contributed by atoms with Gasteiger partial charge in [-0.3, -0.25) is 4.79 Å². The molecule has 20 heavy (non-hydrogen) atoms. The van der Waals surface area contributed by atoms with Crippen LogP contribution in [0.15, 0.2) is 42.5 Å². The second-order valence-corrected chi connectivity index (χ2v) is 4.34. The minimum Gasteiger partial charge on any atom is -0.497 e. The van der Waals surface area contributed by atoms with Gasteiger partial charge in [-0.25, -0.2) is 0 Å². The van der Waals surface area contributed by atoms with Crippen LogP contribution in [-0.4, -0.2) is 13.0 Å². The summed E-state index contributed by atoms with van der Waals surface area (Å²) in [6.07, 6.45) is 0. The lowest BCUT2D eigenvalue weighted by atomic mass is 10.1. The van der Waals surface area contributed by atoms with E-state index in [0.717, 1.165) is 11.3 Å². The molecule has 0 aromatic heterocycles. The van der Waals surface area contributed by atoms with Crippen LogP contribution in [-0.2, 0) is 6.54 Å². The SMILES string of the molecule is COc1cccc(CNc2cccc(C(N)=O)c2N)c1. The molecular formula is C15H17N3O2. The van der Waals surface area contributed by atoms with E-state index in [1.165, 1.54) is 0 Å². The van der Waals surface area contributed by atoms with Gasteiger partial charge in [-0.2, -0.15) is 0 Å². The summed E-state index contributed by atoms with van der Waals surface area (Å²) in [7, 11) is 1.63. The third-order valence-electron chi connectivity index (χ3n) is 2.99. The van der Waals surface area contributed by atoms with Crippen LogP contribution in [0.3, 0.4) is 0 Å². The molecule has 0 aliphatic heterocycles. The maximum absolute atomic E-state index is 11.2. The Balaban J connectivity index is 2.14. The van der Waals surface area contributed by atoms with Crippen LogP contribution >= 0.6 is 0 Å². The maximum Gasteiger partial charge on any atom is 0.250 e. The van der Waals surface area contributed by atoms with Crippen LogP contribution in [0.2, 0.25) is 0 Å². The average molecular weight is 271 g/mol. The number of carbonyl (C=O) groups excluding carboxylic acids is 1. The fourth-order valence-corrected chi connectivity index (χ4v) is 1.91. The number of hydrogen-bond acceptors (Lipinski definition) is 4. The minimum absolute atomic E-state index is 0.320. The number of primary amides is 1. The van der Waals surface area contributed by atoms with Gasteiger partial charge >= 0.3 is 0 Å². The van der Waals surface area contributed by atoms with Crippen molar-refractivity contribution in [2.75, 3.05) is 18.2 Å². The van der Waals surface area contributed by atoms with Crippen molar-refractivity contribution in [1.29, 1.82) is 0 Å². The number of nitrogens with one attached hydrogen (secondary N) is 1. The van der Waals surface area contributed by atoms with Gasteiger partial charge in [-0.05, 0) is 29.8 Å². The molecule has 0 saturated carbocycles. The molecule has 2 rings (SSSR count). The lowest BCUT2D eigenvalue weighted by Crippen LogP contribution is -2.14. The fourth-order valence-electron chi connectivity index (χ4n) is 1.91. The van der Waals surface area contributed by atoms with Gasteiger partial charge in [0.2, 0.25) is 0 Å². The Morgan fingerprint density at radius 2 is 2.00 bits per heavy atom. The zero-order valence-electron chi connectivity index (χ0n) is 11.2. The highest BCUT2D eigenvalue weighted by atomic mass is 16.5. The van der Waals surface area contributed by atoms with Gasteiger partial charge < -0.3 is 21.5 Å². The molecule has 0 radical (unpaired) electrons. The molecule has 2 aromatic carbocycles. The van der Waals surface area contributed by atoms with Gasteiger partial charge in [0.1, 0.15) is 5.75 Å². The number of anilines is 2. The zero-order valence-corrected chi connectivity index (χ0v) is 11.2. The van der Waals surface area contributed by atoms with Crippen LogP contribution in [0.4, 0.5) is 11.4 Å². The lowest BCUT2D eigenvalue weighted by molar-refractivity contribution is 0.100. The largest absolute Gasteiger partial charge is 0.497 e. The van der Waals surface area contributed by atoms with E-state index in [1.807, 2.05) is 30.3 Å². The summed E-state index contributed by atoms with van der Waals surface area (Å²) < 4.78 is 5.17. The van der Waals surface area contributed by atoms with Gasteiger partial charge in [0.15, 0.2) is 0 Å². The van der Waals surface area contributed by atoms with Gasteiger partial charge in [0, 0.05) is 6.54 Å². The van der Waals surface area contributed by atoms with Crippen molar-refractivity contribution in [2.45, 2.75) is 6.54 Å². The zero-order chi connectivity index (χ0) is 14.5. The lowest BCUT2D eigenvalue weighted by Gasteiger charge is -2.12. The summed E-state index contributed by atoms with van der Waals surface area (Å²) in [5.41, 5.74) is 13.6. The first-order valence-electron chi connectivity index (χ1n) is 6.17. The van der Waals surface area contributed by atoms with Gasteiger partial charge in [-0.1, -0.05) is 18.2 Å². The minimum atomic E-state index is -0.535. The predicted molar refractivity (Wildman–Crippen MR) is 79.7 cm³/mol. The summed E-state index contributed by atoms with van der Waals surface area (Å²) in [6.45, 7) is 0.573. The monoisotopic (exact) mass is 271 g/mol. The molecule has 0 atom stereocenters. The third-order valence-corrected chi connectivity index (χ3v) is 2.99. The number of benzene rings is 2. The molecule has 5 heteroatoms. The van der Waals surface area contributed by atoms with Crippen LogP contribution in [0.5, 0.6) is 5.75 Å². The molecule has 0 aliphatic carbocycles. The Hall–Kier alpha value is -2.69. The van der Waals surface area contributed by atoms with E-state index < -0.39 is 5.91 Å². The summed E-state index contributed by atoms with van der Waals surface area (Å²) >= 11 is 0. The molecule has 0 heterocycles. The summed E-state index contributed by atoms with van der Waals surface area (Å²) in [6, 6.07) is 12.9. The number of rotatable bonds is 5. The standard InChI is InChI=1S/C15H17N3O2/c1-20-11-5-2-4-10(8-11)9-18-13-7-3-6-12(14(13)16)15(17)19/h2-8,18H,9,16H2,1H3,(H2,17,19). The van der Waals surface area contributed by atoms with E-state index in [-0.39, 0.29) is 0 Å². The van der Waals surface area contributed by atoms with E-state index >= 15 is 0 Å². The normalized spacial score (nSPS) is 10.1. The summed E-state index contributed by atoms with van der Waals surface area (Å²) in [5, 5.41) is 3.19. The third kappa shape index (κ3) is 3.00. The Kier molecular flexibility index (Phi) is 4.10. The topological polar surface area (TPSA) is 90.4 Å². The number of nitrogen functional groups attached to an aromatic ring is 1. The molecule has 0 spiro atoms. The molecule has 104 valence electrons. The van der Waals surface area contributed by atoms with Crippen LogP contribution < -0.4 is 21.5 Å². The molecule has 5 N–H and O–H groups in total. The molecule has 0 aliphatic rings. The number of methoxy groups -OCH3 is 1. The van der Waals surface area contributed by atoms with E-state index in [2.05, 4.69) is 5.32 Å². The number of nitrogens with two attached hydrogens (primary N) is 2. The van der Waals surface area contributed by atoms with Crippen molar-refractivity contribution >= 4 is 17.3 Å². The molecule has 0 unspecified atom stereocenters. The van der Waals surface area contributed by atoms with Crippen LogP contribution in [0.25, 0.3) is 0 Å². The first-order chi connectivity index (χ1) is 9.61. The Morgan fingerprint density at radius 3 is 2.70 bits per heavy atom. The molecule has 5 nitrogen and oxygen atoms in total. The maximum atomic E-state index is 11.2. The smallest absolute Gasteiger partial charge is 0.250 e. The molecule has 0 saturated heterocycles. The first-order valence-corrected chi connectivity index (χ1v) is 6.17. The highest BCUT2D eigenvalue weighted by molar-refractivity contribution is 6.00. The van der Waals surface area contributed by atoms with Crippen molar-refractivity contribution in [1.82, 2.24) is 0 Å². The second kappa shape index (κ2) is 5.97. The molecule has 1 amide bonds. The molecule has 0 fully saturated rings. The van der Waals surface area contributed by atoms with Crippen molar-refractivity contribution < 1.29 is 9.53 Å². The van der Waals surface area contributed by atoms with Gasteiger partial charge in [-0.15, -0.1) is 0 Å². The average Bonchev–Trinajstić information content (AvgIpc) is 2.46. The Bertz CT molecular complexity index is 626. The Labute approximate surface area is 117 Å². The van der Waals surface area contributed by atoms with Crippen molar-refractivity contribution in [3.05, 3.63) is 53.6 Å². The van der Waals surface area contributed by atoms with Crippen molar-refractivity contribution in [3.63, 3.8) is 0 Å². The van der Waals surface area contributed by atoms with Gasteiger partial charge in [0.25, 0.3) is 5.91 Å². The first kappa shape index (κ1) is 13.7. The summed E-state index contributed by atoms with van der Waals surface area (Å²) in [5.74, 6) is 0.260. The fraction of sp³-hybridized carbons (Fsp3) is 0.133. The number of amides is 1. The number of carbonyl (C=O) groups is 1. The predicted octanol–water partition coefficient (Wildman–Crippen LogP) is 1.99. The second-order valence-electron chi connectivity index (χ2n) is 4.34. The summed E-state index contributed by atoms with van der Waals surface area (Å²) in [4.78, 5) is 11.2. The number of ether oxygens (including phenoxy) is 1. The van der Waals surface area contributed by atoms with Crippen molar-refractivity contribution in [2.24, 2.45) is 5.73 Å². The molecule has 2 aromatic rings. The molecular weight excluding hydrogens is 254 g/mol. The van der Waals surface area contributed by atoms with Crippen LogP contribution in [0, 0.1) is 0 Å². The number of para-hydroxylation sites is 1. The molecule has 0 bridgehead atoms. The van der Waals surface area contributed by atoms with Crippen LogP contribution in [0.1, 0.15) is 15.9 Å². The van der Waals surface area contributed by atoms with E-state index in [0.29, 0.717) is 23.5 Å². The van der Waals surface area contributed by atoms with E-state index in [1.54, 1.807) is 19.2 Å². The van der Waals surface area contributed by atoms with E-state index in [9.17, 15) is 4.79 Å². The number of hydrogen-bond donors (Lipinski definition) is 3. The van der Waals surface area contributed by atoms with E-state index in [4.69, 9.17) is 16.2 Å². The highest BCUT2D eigenvalue weighted by Crippen LogP contribution is 2.23. The highest BCUT2D eigenvalue weighted by Gasteiger charge is 2.09. The quantitative estimate of drug-likeness (QED) is 0.725.